The molecule has 132 valence electrons. The van der Waals surface area contributed by atoms with Crippen molar-refractivity contribution in [2.24, 2.45) is 0 Å². The number of hydrogen-bond acceptors (Lipinski definition) is 6. The highest BCUT2D eigenvalue weighted by Crippen LogP contribution is 2.30. The van der Waals surface area contributed by atoms with E-state index in [1.807, 2.05) is 17.2 Å². The highest BCUT2D eigenvalue weighted by Gasteiger charge is 2.32. The standard InChI is InChI=1S/C17H21N5O2S/c1-11(23)19-9-13-5-6-18-17(21-13)15-4-3-7-22(15)16(24)8-14-10-25-12(2)20-14/h5-6,10,15H,3-4,7-9H2,1-2H3,(H,19,23). The van der Waals surface area contributed by atoms with Gasteiger partial charge in [0.15, 0.2) is 5.82 Å². The third kappa shape index (κ3) is 4.39. The summed E-state index contributed by atoms with van der Waals surface area (Å²) in [6.07, 6.45) is 3.79. The second-order valence-electron chi connectivity index (χ2n) is 6.10. The second-order valence-corrected chi connectivity index (χ2v) is 7.16. The minimum Gasteiger partial charge on any atom is -0.351 e. The van der Waals surface area contributed by atoms with E-state index in [0.717, 1.165) is 29.2 Å². The zero-order chi connectivity index (χ0) is 17.8. The highest BCUT2D eigenvalue weighted by atomic mass is 32.1. The van der Waals surface area contributed by atoms with Crippen LogP contribution in [0.2, 0.25) is 0 Å². The van der Waals surface area contributed by atoms with Crippen molar-refractivity contribution in [2.75, 3.05) is 6.54 Å². The number of aryl methyl sites for hydroxylation is 1. The Balaban J connectivity index is 1.71. The summed E-state index contributed by atoms with van der Waals surface area (Å²) >= 11 is 1.55. The molecule has 0 saturated carbocycles. The number of hydrogen-bond donors (Lipinski definition) is 1. The van der Waals surface area contributed by atoms with Gasteiger partial charge in [0.2, 0.25) is 11.8 Å². The van der Waals surface area contributed by atoms with Crippen molar-refractivity contribution in [1.82, 2.24) is 25.2 Å². The molecule has 0 spiro atoms. The fourth-order valence-corrected chi connectivity index (χ4v) is 3.58. The van der Waals surface area contributed by atoms with Crippen molar-refractivity contribution >= 4 is 23.2 Å². The van der Waals surface area contributed by atoms with E-state index in [9.17, 15) is 9.59 Å². The fourth-order valence-electron chi connectivity index (χ4n) is 2.97. The SMILES string of the molecule is CC(=O)NCc1ccnc(C2CCCN2C(=O)Cc2csc(C)n2)n1. The molecule has 0 radical (unpaired) electrons. The maximum atomic E-state index is 12.7. The van der Waals surface area contributed by atoms with Crippen LogP contribution < -0.4 is 5.32 Å². The summed E-state index contributed by atoms with van der Waals surface area (Å²) in [6.45, 7) is 4.49. The van der Waals surface area contributed by atoms with Gasteiger partial charge in [-0.2, -0.15) is 0 Å². The first-order valence-electron chi connectivity index (χ1n) is 8.29. The molecule has 2 aromatic heterocycles. The molecule has 25 heavy (non-hydrogen) atoms. The molecule has 1 aliphatic heterocycles. The van der Waals surface area contributed by atoms with Crippen molar-refractivity contribution in [1.29, 1.82) is 0 Å². The Kier molecular flexibility index (Phi) is 5.37. The van der Waals surface area contributed by atoms with Gasteiger partial charge in [0.05, 0.1) is 35.4 Å². The molecule has 1 fully saturated rings. The zero-order valence-corrected chi connectivity index (χ0v) is 15.2. The van der Waals surface area contributed by atoms with Crippen LogP contribution >= 0.6 is 11.3 Å². The van der Waals surface area contributed by atoms with Crippen LogP contribution in [0.25, 0.3) is 0 Å². The second kappa shape index (κ2) is 7.69. The van der Waals surface area contributed by atoms with Crippen LogP contribution in [0.5, 0.6) is 0 Å². The van der Waals surface area contributed by atoms with E-state index in [1.165, 1.54) is 6.92 Å². The van der Waals surface area contributed by atoms with Crippen LogP contribution in [0.3, 0.4) is 0 Å². The van der Waals surface area contributed by atoms with Gasteiger partial charge in [0.1, 0.15) is 0 Å². The maximum absolute atomic E-state index is 12.7. The lowest BCUT2D eigenvalue weighted by Gasteiger charge is -2.23. The molecule has 1 saturated heterocycles. The van der Waals surface area contributed by atoms with Gasteiger partial charge >= 0.3 is 0 Å². The lowest BCUT2D eigenvalue weighted by atomic mass is 10.2. The number of carbonyl (C=O) groups excluding carboxylic acids is 2. The molecule has 3 heterocycles. The minimum atomic E-state index is -0.107. The van der Waals surface area contributed by atoms with Gasteiger partial charge in [-0.15, -0.1) is 11.3 Å². The van der Waals surface area contributed by atoms with E-state index >= 15 is 0 Å². The minimum absolute atomic E-state index is 0.0589. The molecule has 1 aliphatic rings. The normalized spacial score (nSPS) is 16.9. The number of rotatable bonds is 5. The van der Waals surface area contributed by atoms with E-state index < -0.39 is 0 Å². The zero-order valence-electron chi connectivity index (χ0n) is 14.4. The fraction of sp³-hybridized carbons (Fsp3) is 0.471. The Morgan fingerprint density at radius 3 is 2.92 bits per heavy atom. The van der Waals surface area contributed by atoms with Gasteiger partial charge in [-0.25, -0.2) is 15.0 Å². The van der Waals surface area contributed by atoms with Crippen LogP contribution in [0, 0.1) is 6.92 Å². The van der Waals surface area contributed by atoms with Gasteiger partial charge < -0.3 is 10.2 Å². The van der Waals surface area contributed by atoms with Crippen LogP contribution in [-0.4, -0.2) is 38.2 Å². The van der Waals surface area contributed by atoms with Crippen molar-refractivity contribution in [3.05, 3.63) is 39.9 Å². The Morgan fingerprint density at radius 1 is 1.36 bits per heavy atom. The monoisotopic (exact) mass is 359 g/mol. The van der Waals surface area contributed by atoms with Crippen molar-refractivity contribution in [3.63, 3.8) is 0 Å². The van der Waals surface area contributed by atoms with Gasteiger partial charge in [0.25, 0.3) is 0 Å². The number of likely N-dealkylation sites (tertiary alicyclic amines) is 1. The summed E-state index contributed by atoms with van der Waals surface area (Å²) in [5.74, 6) is 0.600. The first-order chi connectivity index (χ1) is 12.0. The summed E-state index contributed by atoms with van der Waals surface area (Å²) in [4.78, 5) is 38.9. The smallest absolute Gasteiger partial charge is 0.229 e. The first kappa shape index (κ1) is 17.5. The number of aromatic nitrogens is 3. The predicted octanol–water partition coefficient (Wildman–Crippen LogP) is 1.78. The molecule has 2 amide bonds. The molecule has 1 N–H and O–H groups in total. The largest absolute Gasteiger partial charge is 0.351 e. The summed E-state index contributed by atoms with van der Waals surface area (Å²) in [7, 11) is 0. The van der Waals surface area contributed by atoms with Crippen LogP contribution in [-0.2, 0) is 22.6 Å². The molecule has 0 aromatic carbocycles. The van der Waals surface area contributed by atoms with Gasteiger partial charge in [0, 0.05) is 25.0 Å². The van der Waals surface area contributed by atoms with E-state index in [4.69, 9.17) is 0 Å². The van der Waals surface area contributed by atoms with E-state index in [2.05, 4.69) is 20.3 Å². The van der Waals surface area contributed by atoms with Crippen LogP contribution in [0.1, 0.15) is 48.0 Å². The lowest BCUT2D eigenvalue weighted by Crippen LogP contribution is -2.33. The Labute approximate surface area is 150 Å². The van der Waals surface area contributed by atoms with Gasteiger partial charge in [-0.3, -0.25) is 9.59 Å². The quantitative estimate of drug-likeness (QED) is 0.879. The van der Waals surface area contributed by atoms with Crippen LogP contribution in [0.15, 0.2) is 17.6 Å². The van der Waals surface area contributed by atoms with E-state index in [1.54, 1.807) is 23.6 Å². The molecule has 2 aromatic rings. The van der Waals surface area contributed by atoms with Crippen molar-refractivity contribution in [2.45, 2.75) is 45.7 Å². The molecule has 0 bridgehead atoms. The molecule has 1 unspecified atom stereocenters. The summed E-state index contributed by atoms with van der Waals surface area (Å²) in [6, 6.07) is 1.67. The third-order valence-electron chi connectivity index (χ3n) is 4.12. The van der Waals surface area contributed by atoms with Crippen molar-refractivity contribution < 1.29 is 9.59 Å². The average Bonchev–Trinajstić information content (AvgIpc) is 3.22. The predicted molar refractivity (Wildman–Crippen MR) is 93.8 cm³/mol. The van der Waals surface area contributed by atoms with Gasteiger partial charge in [-0.05, 0) is 25.8 Å². The maximum Gasteiger partial charge on any atom is 0.229 e. The molecule has 8 heteroatoms. The van der Waals surface area contributed by atoms with E-state index in [0.29, 0.717) is 25.3 Å². The molecule has 3 rings (SSSR count). The number of nitrogens with one attached hydrogen (secondary N) is 1. The molecule has 7 nitrogen and oxygen atoms in total. The molecule has 0 aliphatic carbocycles. The number of amides is 2. The van der Waals surface area contributed by atoms with E-state index in [-0.39, 0.29) is 17.9 Å². The topological polar surface area (TPSA) is 88.1 Å². The summed E-state index contributed by atoms with van der Waals surface area (Å²) in [5, 5.41) is 5.63. The molecule has 1 atom stereocenters. The number of carbonyl (C=O) groups is 2. The Hall–Kier alpha value is -2.35. The van der Waals surface area contributed by atoms with Gasteiger partial charge in [-0.1, -0.05) is 0 Å². The highest BCUT2D eigenvalue weighted by molar-refractivity contribution is 7.09. The average molecular weight is 359 g/mol. The molecular weight excluding hydrogens is 338 g/mol. The number of thiazole rings is 1. The molecular formula is C17H21N5O2S. The third-order valence-corrected chi connectivity index (χ3v) is 4.94. The summed E-state index contributed by atoms with van der Waals surface area (Å²) < 4.78 is 0. The lowest BCUT2D eigenvalue weighted by molar-refractivity contribution is -0.131. The number of nitrogens with zero attached hydrogens (tertiary/aromatic N) is 4. The van der Waals surface area contributed by atoms with Crippen molar-refractivity contribution in [3.8, 4) is 0 Å². The summed E-state index contributed by atoms with van der Waals surface area (Å²) in [5.41, 5.74) is 1.56. The van der Waals surface area contributed by atoms with Crippen LogP contribution in [0.4, 0.5) is 0 Å². The Morgan fingerprint density at radius 2 is 2.20 bits per heavy atom. The Bertz CT molecular complexity index is 776. The first-order valence-corrected chi connectivity index (χ1v) is 9.17.